The molecule has 6 rings (SSSR count). The second-order valence-corrected chi connectivity index (χ2v) is 9.64. The number of nitrogens with two attached hydrogens (primary N) is 1. The zero-order chi connectivity index (χ0) is 25.0. The molecule has 2 fully saturated rings. The normalized spacial score (nSPS) is 17.9. The van der Waals surface area contributed by atoms with Crippen LogP contribution in [-0.4, -0.2) is 61.2 Å². The number of nitrogens with one attached hydrogen (secondary N) is 2. The molecule has 4 aromatic rings. The highest BCUT2D eigenvalue weighted by atomic mass is 35.5. The Balaban J connectivity index is 1.33. The summed E-state index contributed by atoms with van der Waals surface area (Å²) >= 11 is 6.61. The van der Waals surface area contributed by atoms with Crippen LogP contribution in [0.3, 0.4) is 0 Å². The summed E-state index contributed by atoms with van der Waals surface area (Å²) in [6, 6.07) is 3.14. The molecule has 2 aliphatic rings. The molecule has 13 heteroatoms. The van der Waals surface area contributed by atoms with E-state index in [-0.39, 0.29) is 28.9 Å². The number of ether oxygens (including phenoxy) is 1. The van der Waals surface area contributed by atoms with Crippen molar-refractivity contribution in [2.24, 2.45) is 0 Å². The number of imidazole rings is 1. The van der Waals surface area contributed by atoms with Crippen LogP contribution < -0.4 is 21.3 Å². The van der Waals surface area contributed by atoms with Gasteiger partial charge in [-0.2, -0.15) is 0 Å². The Morgan fingerprint density at radius 2 is 2.17 bits per heavy atom. The van der Waals surface area contributed by atoms with E-state index < -0.39 is 6.04 Å². The average Bonchev–Trinajstić information content (AvgIpc) is 3.57. The average molecular weight is 510 g/mol. The minimum absolute atomic E-state index is 0.101. The fraction of sp³-hybridized carbons (Fsp3) is 0.348. The molecule has 0 aliphatic carbocycles. The van der Waals surface area contributed by atoms with Crippen molar-refractivity contribution in [2.45, 2.75) is 31.3 Å². The number of rotatable bonds is 4. The van der Waals surface area contributed by atoms with Gasteiger partial charge in [0.15, 0.2) is 11.5 Å². The number of hydrogen-bond donors (Lipinski definition) is 3. The maximum atomic E-state index is 13.3. The molecule has 2 amide bonds. The van der Waals surface area contributed by atoms with Gasteiger partial charge in [-0.25, -0.2) is 19.3 Å². The molecule has 1 atom stereocenters. The third kappa shape index (κ3) is 3.56. The predicted molar refractivity (Wildman–Crippen MR) is 132 cm³/mol. The lowest BCUT2D eigenvalue weighted by atomic mass is 9.89. The van der Waals surface area contributed by atoms with Gasteiger partial charge in [-0.1, -0.05) is 11.6 Å². The lowest BCUT2D eigenvalue weighted by Crippen LogP contribution is -2.53. The first-order valence-electron chi connectivity index (χ1n) is 11.6. The fourth-order valence-corrected chi connectivity index (χ4v) is 5.34. The SMILES string of the molecule is CC(NC(=O)c1c(N)nn2cccnc12)c1cc(Cl)c2cncn2c1N1CCC2(CC1)COC(=O)N2. The number of pyridine rings is 1. The minimum Gasteiger partial charge on any atom is -0.447 e. The van der Waals surface area contributed by atoms with Gasteiger partial charge in [0.1, 0.15) is 24.3 Å². The lowest BCUT2D eigenvalue weighted by molar-refractivity contribution is 0.0942. The first-order valence-corrected chi connectivity index (χ1v) is 12.0. The second-order valence-electron chi connectivity index (χ2n) is 9.23. The zero-order valence-electron chi connectivity index (χ0n) is 19.4. The van der Waals surface area contributed by atoms with Crippen molar-refractivity contribution in [1.29, 1.82) is 0 Å². The van der Waals surface area contributed by atoms with Crippen molar-refractivity contribution in [3.05, 3.63) is 53.2 Å². The highest BCUT2D eigenvalue weighted by Gasteiger charge is 2.42. The summed E-state index contributed by atoms with van der Waals surface area (Å²) in [4.78, 5) is 35.8. The van der Waals surface area contributed by atoms with Gasteiger partial charge in [0.05, 0.1) is 28.3 Å². The van der Waals surface area contributed by atoms with Crippen LogP contribution in [0, 0.1) is 0 Å². The molecule has 1 spiro atoms. The Hall–Kier alpha value is -4.06. The standard InChI is InChI=1S/C23H24ClN9O3/c1-13(28-20(34)17-18(25)30-33-6-2-5-27-19(17)33)14-9-15(24)16-10-26-12-32(16)21(14)31-7-3-23(4-8-31)11-36-22(35)29-23/h2,5-6,9-10,12-13H,3-4,7-8,11H2,1H3,(H2,25,30)(H,28,34)(H,29,35). The number of aromatic nitrogens is 5. The van der Waals surface area contributed by atoms with Crippen molar-refractivity contribution in [3.8, 4) is 0 Å². The van der Waals surface area contributed by atoms with Crippen molar-refractivity contribution >= 4 is 46.4 Å². The van der Waals surface area contributed by atoms with E-state index in [1.54, 1.807) is 31.0 Å². The Kier molecular flexibility index (Phi) is 5.14. The zero-order valence-corrected chi connectivity index (χ0v) is 20.2. The molecule has 0 saturated carbocycles. The summed E-state index contributed by atoms with van der Waals surface area (Å²) < 4.78 is 8.58. The molecule has 2 aliphatic heterocycles. The number of nitrogen functional groups attached to an aromatic ring is 1. The van der Waals surface area contributed by atoms with Gasteiger partial charge in [0, 0.05) is 31.0 Å². The van der Waals surface area contributed by atoms with Crippen LogP contribution in [-0.2, 0) is 4.74 Å². The first-order chi connectivity index (χ1) is 17.3. The van der Waals surface area contributed by atoms with Crippen LogP contribution in [0.2, 0.25) is 5.02 Å². The molecular weight excluding hydrogens is 486 g/mol. The highest BCUT2D eigenvalue weighted by Crippen LogP contribution is 2.36. The van der Waals surface area contributed by atoms with E-state index in [2.05, 4.69) is 30.6 Å². The van der Waals surface area contributed by atoms with Gasteiger partial charge in [-0.3, -0.25) is 9.20 Å². The number of carbonyl (C=O) groups excluding carboxylic acids is 2. The molecule has 4 N–H and O–H groups in total. The largest absolute Gasteiger partial charge is 0.447 e. The summed E-state index contributed by atoms with van der Waals surface area (Å²) in [6.45, 7) is 3.62. The molecule has 0 aromatic carbocycles. The Morgan fingerprint density at radius 1 is 1.36 bits per heavy atom. The quantitative estimate of drug-likeness (QED) is 0.379. The smallest absolute Gasteiger partial charge is 0.407 e. The summed E-state index contributed by atoms with van der Waals surface area (Å²) in [7, 11) is 0. The molecule has 0 bridgehead atoms. The molecule has 1 unspecified atom stereocenters. The Labute approximate surface area is 210 Å². The molecular formula is C23H24ClN9O3. The third-order valence-electron chi connectivity index (χ3n) is 6.98. The maximum absolute atomic E-state index is 13.3. The Morgan fingerprint density at radius 3 is 2.92 bits per heavy atom. The molecule has 36 heavy (non-hydrogen) atoms. The molecule has 0 radical (unpaired) electrons. The van der Waals surface area contributed by atoms with Crippen LogP contribution in [0.25, 0.3) is 11.2 Å². The van der Waals surface area contributed by atoms with E-state index in [0.29, 0.717) is 30.4 Å². The summed E-state index contributed by atoms with van der Waals surface area (Å²) in [5.74, 6) is 0.597. The number of alkyl carbamates (subject to hydrolysis) is 1. The van der Waals surface area contributed by atoms with Crippen LogP contribution in [0.15, 0.2) is 37.1 Å². The summed E-state index contributed by atoms with van der Waals surface area (Å²) in [5, 5.41) is 10.7. The monoisotopic (exact) mass is 509 g/mol. The predicted octanol–water partition coefficient (Wildman–Crippen LogP) is 2.18. The van der Waals surface area contributed by atoms with E-state index >= 15 is 0 Å². The summed E-state index contributed by atoms with van der Waals surface area (Å²) in [5.41, 5.74) is 7.90. The number of carbonyl (C=O) groups is 2. The maximum Gasteiger partial charge on any atom is 0.407 e. The first kappa shape index (κ1) is 22.4. The van der Waals surface area contributed by atoms with Crippen molar-refractivity contribution in [3.63, 3.8) is 0 Å². The second kappa shape index (κ2) is 8.26. The van der Waals surface area contributed by atoms with E-state index in [1.807, 2.05) is 17.4 Å². The minimum atomic E-state index is -0.430. The van der Waals surface area contributed by atoms with Gasteiger partial charge in [0.25, 0.3) is 5.91 Å². The third-order valence-corrected chi connectivity index (χ3v) is 7.28. The molecule has 6 heterocycles. The van der Waals surface area contributed by atoms with Crippen molar-refractivity contribution < 1.29 is 14.3 Å². The number of cyclic esters (lactones) is 1. The van der Waals surface area contributed by atoms with Crippen molar-refractivity contribution in [2.75, 3.05) is 30.3 Å². The topological polar surface area (TPSA) is 144 Å². The summed E-state index contributed by atoms with van der Waals surface area (Å²) in [6.07, 6.45) is 7.77. The van der Waals surface area contributed by atoms with Gasteiger partial charge in [-0.05, 0) is 31.9 Å². The Bertz CT molecular complexity index is 1510. The van der Waals surface area contributed by atoms with E-state index in [1.165, 1.54) is 4.52 Å². The van der Waals surface area contributed by atoms with Gasteiger partial charge >= 0.3 is 6.09 Å². The van der Waals surface area contributed by atoms with Crippen LogP contribution in [0.1, 0.15) is 41.7 Å². The fourth-order valence-electron chi connectivity index (χ4n) is 5.08. The van der Waals surface area contributed by atoms with Crippen molar-refractivity contribution in [1.82, 2.24) is 34.6 Å². The van der Waals surface area contributed by atoms with E-state index in [0.717, 1.165) is 29.7 Å². The number of amides is 2. The van der Waals surface area contributed by atoms with Gasteiger partial charge < -0.3 is 26.0 Å². The van der Waals surface area contributed by atoms with E-state index in [9.17, 15) is 9.59 Å². The molecule has 2 saturated heterocycles. The molecule has 186 valence electrons. The number of fused-ring (bicyclic) bond motifs is 2. The number of hydrogen-bond acceptors (Lipinski definition) is 8. The van der Waals surface area contributed by atoms with E-state index in [4.69, 9.17) is 22.1 Å². The molecule has 4 aromatic heterocycles. The number of piperidine rings is 1. The lowest BCUT2D eigenvalue weighted by Gasteiger charge is -2.40. The highest BCUT2D eigenvalue weighted by molar-refractivity contribution is 6.34. The molecule has 12 nitrogen and oxygen atoms in total. The number of halogens is 1. The van der Waals surface area contributed by atoms with Crippen LogP contribution >= 0.6 is 11.6 Å². The van der Waals surface area contributed by atoms with Gasteiger partial charge in [-0.15, -0.1) is 5.10 Å². The van der Waals surface area contributed by atoms with Gasteiger partial charge in [0.2, 0.25) is 0 Å². The van der Waals surface area contributed by atoms with Crippen LogP contribution in [0.4, 0.5) is 16.4 Å². The van der Waals surface area contributed by atoms with Crippen LogP contribution in [0.5, 0.6) is 0 Å². The number of nitrogens with zero attached hydrogens (tertiary/aromatic N) is 6. The number of anilines is 2.